The van der Waals surface area contributed by atoms with E-state index >= 15 is 0 Å². The SMILES string of the molecule is Cc1ccc2c(CC(=O)N/N=C3\CCCc4oc(C(=O)Nc5cc(Cl)ccc5Cl)c(C)c43)coc2c1C. The highest BCUT2D eigenvalue weighted by Gasteiger charge is 2.28. The topological polar surface area (TPSA) is 96.8 Å². The van der Waals surface area contributed by atoms with Gasteiger partial charge in [-0.2, -0.15) is 5.10 Å². The number of hydrogen-bond acceptors (Lipinski definition) is 5. The largest absolute Gasteiger partial charge is 0.464 e. The molecule has 2 amide bonds. The fourth-order valence-electron chi connectivity index (χ4n) is 4.64. The second-order valence-electron chi connectivity index (χ2n) is 9.20. The number of nitrogens with one attached hydrogen (secondary N) is 2. The van der Waals surface area contributed by atoms with Crippen molar-refractivity contribution in [2.75, 3.05) is 5.32 Å². The number of benzene rings is 2. The summed E-state index contributed by atoms with van der Waals surface area (Å²) in [5.74, 6) is 0.162. The van der Waals surface area contributed by atoms with Crippen molar-refractivity contribution in [3.05, 3.63) is 86.0 Å². The van der Waals surface area contributed by atoms with E-state index in [0.717, 1.165) is 39.6 Å². The Morgan fingerprint density at radius 2 is 1.86 bits per heavy atom. The van der Waals surface area contributed by atoms with Gasteiger partial charge in [0.2, 0.25) is 5.91 Å². The third kappa shape index (κ3) is 4.89. The smallest absolute Gasteiger partial charge is 0.291 e. The van der Waals surface area contributed by atoms with Crippen LogP contribution < -0.4 is 10.7 Å². The van der Waals surface area contributed by atoms with Gasteiger partial charge in [-0.1, -0.05) is 35.3 Å². The van der Waals surface area contributed by atoms with Gasteiger partial charge in [-0.15, -0.1) is 0 Å². The number of hydrazone groups is 1. The van der Waals surface area contributed by atoms with Crippen LogP contribution in [0.4, 0.5) is 5.69 Å². The van der Waals surface area contributed by atoms with Crippen molar-refractivity contribution < 1.29 is 18.4 Å². The molecule has 1 aliphatic rings. The lowest BCUT2D eigenvalue weighted by Gasteiger charge is -2.13. The first kappa shape index (κ1) is 25.1. The molecule has 0 atom stereocenters. The number of halogens is 2. The Hall–Kier alpha value is -3.55. The highest BCUT2D eigenvalue weighted by molar-refractivity contribution is 6.35. The number of carbonyl (C=O) groups is 2. The first-order chi connectivity index (χ1) is 17.7. The molecule has 0 saturated carbocycles. The Morgan fingerprint density at radius 1 is 1.05 bits per heavy atom. The van der Waals surface area contributed by atoms with E-state index in [1.54, 1.807) is 31.4 Å². The number of fused-ring (bicyclic) bond motifs is 2. The van der Waals surface area contributed by atoms with E-state index in [1.807, 2.05) is 26.0 Å². The molecule has 7 nitrogen and oxygen atoms in total. The zero-order chi connectivity index (χ0) is 26.3. The van der Waals surface area contributed by atoms with E-state index < -0.39 is 5.91 Å². The van der Waals surface area contributed by atoms with Crippen LogP contribution in [-0.4, -0.2) is 17.5 Å². The molecular weight excluding hydrogens is 513 g/mol. The van der Waals surface area contributed by atoms with E-state index in [9.17, 15) is 9.59 Å². The molecule has 5 rings (SSSR count). The summed E-state index contributed by atoms with van der Waals surface area (Å²) in [6, 6.07) is 8.83. The van der Waals surface area contributed by atoms with E-state index in [2.05, 4.69) is 15.8 Å². The lowest BCUT2D eigenvalue weighted by Crippen LogP contribution is -2.23. The molecular formula is C28H25Cl2N3O4. The summed E-state index contributed by atoms with van der Waals surface area (Å²) in [7, 11) is 0. The Labute approximate surface area is 223 Å². The van der Waals surface area contributed by atoms with Gasteiger partial charge in [0.1, 0.15) is 11.3 Å². The zero-order valence-corrected chi connectivity index (χ0v) is 22.1. The highest BCUT2D eigenvalue weighted by atomic mass is 35.5. The maximum Gasteiger partial charge on any atom is 0.291 e. The minimum atomic E-state index is -0.434. The number of furan rings is 2. The molecule has 0 radical (unpaired) electrons. The predicted octanol–water partition coefficient (Wildman–Crippen LogP) is 6.91. The van der Waals surface area contributed by atoms with Gasteiger partial charge >= 0.3 is 0 Å². The van der Waals surface area contributed by atoms with Gasteiger partial charge in [0.05, 0.1) is 29.1 Å². The first-order valence-electron chi connectivity index (χ1n) is 11.9. The molecule has 9 heteroatoms. The molecule has 190 valence electrons. The van der Waals surface area contributed by atoms with Crippen LogP contribution in [0.1, 0.15) is 57.0 Å². The molecule has 2 aromatic carbocycles. The van der Waals surface area contributed by atoms with Crippen LogP contribution in [0, 0.1) is 20.8 Å². The lowest BCUT2D eigenvalue weighted by molar-refractivity contribution is -0.120. The summed E-state index contributed by atoms with van der Waals surface area (Å²) < 4.78 is 11.7. The third-order valence-electron chi connectivity index (χ3n) is 6.72. The summed E-state index contributed by atoms with van der Waals surface area (Å²) in [6.45, 7) is 5.84. The van der Waals surface area contributed by atoms with Gasteiger partial charge in [-0.3, -0.25) is 9.59 Å². The highest BCUT2D eigenvalue weighted by Crippen LogP contribution is 2.32. The second-order valence-corrected chi connectivity index (χ2v) is 10.0. The summed E-state index contributed by atoms with van der Waals surface area (Å²) in [4.78, 5) is 25.7. The molecule has 0 unspecified atom stereocenters. The Bertz CT molecular complexity index is 1580. The van der Waals surface area contributed by atoms with Crippen LogP contribution in [0.5, 0.6) is 0 Å². The summed E-state index contributed by atoms with van der Waals surface area (Å²) in [6.07, 6.45) is 3.88. The number of rotatable bonds is 5. The van der Waals surface area contributed by atoms with E-state index in [4.69, 9.17) is 32.0 Å². The molecule has 2 aromatic heterocycles. The molecule has 0 aliphatic heterocycles. The summed E-state index contributed by atoms with van der Waals surface area (Å²) in [5, 5.41) is 8.92. The maximum absolute atomic E-state index is 13.0. The van der Waals surface area contributed by atoms with Crippen molar-refractivity contribution in [1.29, 1.82) is 0 Å². The first-order valence-corrected chi connectivity index (χ1v) is 12.7. The lowest BCUT2D eigenvalue weighted by atomic mass is 9.93. The van der Waals surface area contributed by atoms with Crippen molar-refractivity contribution in [2.24, 2.45) is 5.10 Å². The minimum absolute atomic E-state index is 0.136. The van der Waals surface area contributed by atoms with Gasteiger partial charge in [0.15, 0.2) is 5.76 Å². The molecule has 0 saturated heterocycles. The fourth-order valence-corrected chi connectivity index (χ4v) is 4.97. The molecule has 0 fully saturated rings. The van der Waals surface area contributed by atoms with Crippen LogP contribution in [0.25, 0.3) is 11.0 Å². The molecule has 0 bridgehead atoms. The maximum atomic E-state index is 13.0. The number of anilines is 1. The number of nitrogens with zero attached hydrogens (tertiary/aromatic N) is 1. The van der Waals surface area contributed by atoms with Crippen molar-refractivity contribution in [3.63, 3.8) is 0 Å². The number of hydrogen-bond donors (Lipinski definition) is 2. The quantitative estimate of drug-likeness (QED) is 0.270. The van der Waals surface area contributed by atoms with Gasteiger partial charge in [-0.25, -0.2) is 5.43 Å². The average Bonchev–Trinajstić information content (AvgIpc) is 3.44. The molecule has 1 aliphatic carbocycles. The van der Waals surface area contributed by atoms with Crippen LogP contribution >= 0.6 is 23.2 Å². The Balaban J connectivity index is 1.34. The van der Waals surface area contributed by atoms with Gasteiger partial charge in [0, 0.05) is 33.5 Å². The van der Waals surface area contributed by atoms with Crippen LogP contribution in [-0.2, 0) is 17.6 Å². The van der Waals surface area contributed by atoms with E-state index in [1.165, 1.54) is 0 Å². The third-order valence-corrected chi connectivity index (χ3v) is 7.28. The predicted molar refractivity (Wildman–Crippen MR) is 145 cm³/mol. The van der Waals surface area contributed by atoms with Gasteiger partial charge in [-0.05, 0) is 62.9 Å². The molecule has 2 N–H and O–H groups in total. The number of amides is 2. The van der Waals surface area contributed by atoms with Crippen molar-refractivity contribution >= 4 is 57.4 Å². The summed E-state index contributed by atoms with van der Waals surface area (Å²) >= 11 is 12.2. The van der Waals surface area contributed by atoms with Crippen molar-refractivity contribution in [1.82, 2.24) is 5.43 Å². The minimum Gasteiger partial charge on any atom is -0.464 e. The van der Waals surface area contributed by atoms with Crippen LogP contribution in [0.3, 0.4) is 0 Å². The number of aryl methyl sites for hydroxylation is 3. The second kappa shape index (κ2) is 10.1. The fraction of sp³-hybridized carbons (Fsp3) is 0.250. The monoisotopic (exact) mass is 537 g/mol. The standard InChI is InChI=1S/C28H25Cl2N3O4/c1-14-7-9-19-17(13-36-26(19)15(14)2)11-24(34)33-32-21-5-4-6-23-25(21)16(3)27(37-23)28(35)31-22-12-18(29)8-10-20(22)30/h7-10,12-13H,4-6,11H2,1-3H3,(H,31,35)(H,33,34)/b32-21+. The van der Waals surface area contributed by atoms with E-state index in [0.29, 0.717) is 45.6 Å². The van der Waals surface area contributed by atoms with E-state index in [-0.39, 0.29) is 18.1 Å². The molecule has 37 heavy (non-hydrogen) atoms. The van der Waals surface area contributed by atoms with Crippen molar-refractivity contribution in [2.45, 2.75) is 46.5 Å². The van der Waals surface area contributed by atoms with Crippen LogP contribution in [0.2, 0.25) is 10.0 Å². The molecule has 2 heterocycles. The average molecular weight is 538 g/mol. The van der Waals surface area contributed by atoms with Gasteiger partial charge in [0.25, 0.3) is 5.91 Å². The summed E-state index contributed by atoms with van der Waals surface area (Å²) in [5.41, 5.74) is 8.96. The zero-order valence-electron chi connectivity index (χ0n) is 20.6. The molecule has 0 spiro atoms. The normalized spacial score (nSPS) is 14.1. The van der Waals surface area contributed by atoms with Crippen molar-refractivity contribution in [3.8, 4) is 0 Å². The number of carbonyl (C=O) groups excluding carboxylic acids is 2. The van der Waals surface area contributed by atoms with Gasteiger partial charge < -0.3 is 14.2 Å². The Kier molecular flexibility index (Phi) is 6.84. The Morgan fingerprint density at radius 3 is 2.68 bits per heavy atom. The van der Waals surface area contributed by atoms with Crippen LogP contribution in [0.15, 0.2) is 50.5 Å². The molecule has 4 aromatic rings.